The summed E-state index contributed by atoms with van der Waals surface area (Å²) in [6.07, 6.45) is 1.51. The number of carbonyl (C=O) groups excluding carboxylic acids is 1. The number of piperazine rings is 1. The van der Waals surface area contributed by atoms with Gasteiger partial charge < -0.3 is 10.1 Å². The first-order valence-electron chi connectivity index (χ1n) is 9.43. The second-order valence-corrected chi connectivity index (χ2v) is 9.14. The van der Waals surface area contributed by atoms with Crippen LogP contribution in [0.1, 0.15) is 16.1 Å². The summed E-state index contributed by atoms with van der Waals surface area (Å²) in [5.41, 5.74) is 0.811. The Bertz CT molecular complexity index is 1180. The number of benzene rings is 1. The number of thiazole rings is 1. The summed E-state index contributed by atoms with van der Waals surface area (Å²) in [4.78, 5) is 25.8. The highest BCUT2D eigenvalue weighted by molar-refractivity contribution is 9.10. The number of aromatic nitrogens is 2. The number of pyridine rings is 1. The summed E-state index contributed by atoms with van der Waals surface area (Å²) < 4.78 is 16.0. The van der Waals surface area contributed by atoms with Crippen molar-refractivity contribution >= 4 is 50.6 Å². The van der Waals surface area contributed by atoms with Gasteiger partial charge in [-0.3, -0.25) is 9.69 Å². The summed E-state index contributed by atoms with van der Waals surface area (Å²) in [7, 11) is 0. The Morgan fingerprint density at radius 2 is 2.06 bits per heavy atom. The van der Waals surface area contributed by atoms with E-state index in [9.17, 15) is 14.4 Å². The zero-order valence-electron chi connectivity index (χ0n) is 16.2. The minimum Gasteiger partial charge on any atom is -0.426 e. The van der Waals surface area contributed by atoms with Crippen LogP contribution in [0.15, 0.2) is 51.4 Å². The molecule has 0 saturated carbocycles. The average molecular weight is 527 g/mol. The molecule has 0 spiro atoms. The lowest BCUT2D eigenvalue weighted by Gasteiger charge is -2.34. The molecule has 2 aromatic heterocycles. The monoisotopic (exact) mass is 525 g/mol. The maximum Gasteiger partial charge on any atom is 0.256 e. The minimum absolute atomic E-state index is 0.00411. The Labute approximate surface area is 195 Å². The van der Waals surface area contributed by atoms with Crippen LogP contribution in [0.5, 0.6) is 0 Å². The van der Waals surface area contributed by atoms with Crippen molar-refractivity contribution in [3.8, 4) is 0 Å². The van der Waals surface area contributed by atoms with Crippen LogP contribution >= 0.6 is 38.9 Å². The molecule has 4 rings (SSSR count). The molecule has 0 atom stereocenters. The van der Waals surface area contributed by atoms with Gasteiger partial charge in [-0.15, -0.1) is 11.3 Å². The van der Waals surface area contributed by atoms with Gasteiger partial charge in [0.2, 0.25) is 4.80 Å². The van der Waals surface area contributed by atoms with E-state index in [2.05, 4.69) is 30.8 Å². The predicted octanol–water partition coefficient (Wildman–Crippen LogP) is 3.93. The van der Waals surface area contributed by atoms with Gasteiger partial charge >= 0.3 is 0 Å². The fourth-order valence-electron chi connectivity index (χ4n) is 3.29. The van der Waals surface area contributed by atoms with Gasteiger partial charge in [0.15, 0.2) is 11.6 Å². The quantitative estimate of drug-likeness (QED) is 0.523. The van der Waals surface area contributed by atoms with Crippen LogP contribution in [0.3, 0.4) is 0 Å². The van der Waals surface area contributed by atoms with E-state index in [1.165, 1.54) is 29.7 Å². The van der Waals surface area contributed by atoms with Crippen molar-refractivity contribution in [1.29, 1.82) is 0 Å². The van der Waals surface area contributed by atoms with Gasteiger partial charge in [0, 0.05) is 42.6 Å². The van der Waals surface area contributed by atoms with Gasteiger partial charge in [0.05, 0.1) is 22.5 Å². The molecule has 162 valence electrons. The molecule has 31 heavy (non-hydrogen) atoms. The van der Waals surface area contributed by atoms with Crippen molar-refractivity contribution in [3.05, 3.63) is 73.3 Å². The minimum atomic E-state index is -0.679. The highest BCUT2D eigenvalue weighted by atomic mass is 79.9. The molecule has 3 heterocycles. The molecule has 1 aromatic carbocycles. The van der Waals surface area contributed by atoms with Crippen molar-refractivity contribution in [2.24, 2.45) is 4.99 Å². The second-order valence-electron chi connectivity index (χ2n) is 6.95. The number of hydrogen-bond donors (Lipinski definition) is 1. The van der Waals surface area contributed by atoms with Gasteiger partial charge in [0.1, 0.15) is 0 Å². The van der Waals surface area contributed by atoms with E-state index >= 15 is 0 Å². The zero-order chi connectivity index (χ0) is 22.0. The molecule has 1 amide bonds. The Hall–Kier alpha value is -2.27. The van der Waals surface area contributed by atoms with Crippen LogP contribution in [0.2, 0.25) is 5.02 Å². The van der Waals surface area contributed by atoms with Crippen LogP contribution in [0.25, 0.3) is 0 Å². The van der Waals surface area contributed by atoms with Crippen LogP contribution < -0.4 is 4.80 Å². The van der Waals surface area contributed by atoms with Crippen LogP contribution in [-0.2, 0) is 6.54 Å². The Kier molecular flexibility index (Phi) is 6.71. The maximum absolute atomic E-state index is 14.2. The van der Waals surface area contributed by atoms with Crippen LogP contribution in [-0.4, -0.2) is 56.8 Å². The van der Waals surface area contributed by atoms with E-state index in [0.717, 1.165) is 14.9 Å². The standard InChI is InChI=1S/C20H18BrClFN5O2S/c21-13-10-14(24-17(11-13)25-20-28(30)8-9-31-20)12-26-4-6-27(7-5-26)19(29)15-2-1-3-16(22)18(15)23/h1-3,8-11,30H,4-7,12H2/b25-20-. The van der Waals surface area contributed by atoms with Gasteiger partial charge in [-0.1, -0.05) is 33.6 Å². The number of hydrogen-bond acceptors (Lipinski definition) is 6. The molecule has 1 fully saturated rings. The molecular weight excluding hydrogens is 509 g/mol. The van der Waals surface area contributed by atoms with Crippen molar-refractivity contribution in [2.75, 3.05) is 26.2 Å². The second kappa shape index (κ2) is 9.47. The maximum atomic E-state index is 14.2. The Morgan fingerprint density at radius 3 is 2.77 bits per heavy atom. The molecular formula is C20H18BrClFN5O2S. The first-order valence-corrected chi connectivity index (χ1v) is 11.5. The molecule has 3 aromatic rings. The van der Waals surface area contributed by atoms with Crippen molar-refractivity contribution < 1.29 is 14.4 Å². The molecule has 7 nitrogen and oxygen atoms in total. The van der Waals surface area contributed by atoms with Crippen LogP contribution in [0, 0.1) is 5.82 Å². The number of rotatable bonds is 4. The van der Waals surface area contributed by atoms with E-state index in [0.29, 0.717) is 43.3 Å². The topological polar surface area (TPSA) is 74.0 Å². The molecule has 0 radical (unpaired) electrons. The van der Waals surface area contributed by atoms with Gasteiger partial charge in [-0.2, -0.15) is 9.72 Å². The number of nitrogens with zero attached hydrogens (tertiary/aromatic N) is 5. The van der Waals surface area contributed by atoms with Crippen molar-refractivity contribution in [2.45, 2.75) is 6.54 Å². The van der Waals surface area contributed by atoms with Crippen LogP contribution in [0.4, 0.5) is 10.2 Å². The Balaban J connectivity index is 1.42. The summed E-state index contributed by atoms with van der Waals surface area (Å²) in [6, 6.07) is 8.15. The number of carbonyl (C=O) groups is 1. The summed E-state index contributed by atoms with van der Waals surface area (Å²) in [5, 5.41) is 11.4. The lowest BCUT2D eigenvalue weighted by Crippen LogP contribution is -2.48. The molecule has 11 heteroatoms. The van der Waals surface area contributed by atoms with E-state index in [1.54, 1.807) is 22.4 Å². The number of halogens is 3. The molecule has 1 aliphatic rings. The fraction of sp³-hybridized carbons (Fsp3) is 0.250. The average Bonchev–Trinajstić information content (AvgIpc) is 3.14. The summed E-state index contributed by atoms with van der Waals surface area (Å²) in [5.74, 6) is -0.546. The van der Waals surface area contributed by atoms with E-state index in [1.807, 2.05) is 6.07 Å². The Morgan fingerprint density at radius 1 is 1.29 bits per heavy atom. The predicted molar refractivity (Wildman–Crippen MR) is 119 cm³/mol. The van der Waals surface area contributed by atoms with E-state index < -0.39 is 5.82 Å². The van der Waals surface area contributed by atoms with E-state index in [4.69, 9.17) is 11.6 Å². The highest BCUT2D eigenvalue weighted by Gasteiger charge is 2.25. The first-order chi connectivity index (χ1) is 14.9. The third-order valence-corrected chi connectivity index (χ3v) is 6.34. The largest absolute Gasteiger partial charge is 0.426 e. The molecule has 1 saturated heterocycles. The third kappa shape index (κ3) is 5.15. The van der Waals surface area contributed by atoms with E-state index in [-0.39, 0.29) is 16.5 Å². The molecule has 0 bridgehead atoms. The van der Waals surface area contributed by atoms with Crippen molar-refractivity contribution in [1.82, 2.24) is 19.5 Å². The summed E-state index contributed by atoms with van der Waals surface area (Å²) >= 11 is 10.6. The molecule has 0 aliphatic carbocycles. The lowest BCUT2D eigenvalue weighted by molar-refractivity contribution is 0.0622. The lowest BCUT2D eigenvalue weighted by atomic mass is 10.1. The van der Waals surface area contributed by atoms with Crippen molar-refractivity contribution in [3.63, 3.8) is 0 Å². The normalized spacial score (nSPS) is 15.5. The smallest absolute Gasteiger partial charge is 0.256 e. The molecule has 1 N–H and O–H groups in total. The van der Waals surface area contributed by atoms with Gasteiger partial charge in [-0.05, 0) is 24.3 Å². The molecule has 0 unspecified atom stereocenters. The third-order valence-electron chi connectivity index (χ3n) is 4.84. The van der Waals surface area contributed by atoms with Gasteiger partial charge in [-0.25, -0.2) is 9.37 Å². The summed E-state index contributed by atoms with van der Waals surface area (Å²) in [6.45, 7) is 2.82. The SMILES string of the molecule is O=C(c1cccc(Cl)c1F)N1CCN(Cc2cc(Br)cc(/N=c3\sccn3O)n2)CC1. The fourth-order valence-corrected chi connectivity index (χ4v) is 4.55. The molecule has 1 aliphatic heterocycles. The first kappa shape index (κ1) is 21.9. The highest BCUT2D eigenvalue weighted by Crippen LogP contribution is 2.22. The van der Waals surface area contributed by atoms with Gasteiger partial charge in [0.25, 0.3) is 5.91 Å². The number of amides is 1. The zero-order valence-corrected chi connectivity index (χ0v) is 19.4.